The number of carbonyl (C=O) groups excluding carboxylic acids is 2. The van der Waals surface area contributed by atoms with Crippen LogP contribution in [0.5, 0.6) is 0 Å². The summed E-state index contributed by atoms with van der Waals surface area (Å²) < 4.78 is 1.64. The van der Waals surface area contributed by atoms with Gasteiger partial charge in [-0.2, -0.15) is 0 Å². The van der Waals surface area contributed by atoms with Gasteiger partial charge in [-0.15, -0.1) is 11.3 Å². The van der Waals surface area contributed by atoms with Gasteiger partial charge in [0.2, 0.25) is 5.91 Å². The quantitative estimate of drug-likeness (QED) is 0.403. The molecule has 0 atom stereocenters. The van der Waals surface area contributed by atoms with Gasteiger partial charge in [0.05, 0.1) is 16.8 Å². The van der Waals surface area contributed by atoms with Crippen LogP contribution < -0.4 is 16.2 Å². The Labute approximate surface area is 207 Å². The van der Waals surface area contributed by atoms with Crippen molar-refractivity contribution in [2.45, 2.75) is 71.0 Å². The number of thioether (sulfide) groups is 1. The molecular formula is C25H30N4O3S2. The average Bonchev–Trinajstić information content (AvgIpc) is 3.11. The Balaban J connectivity index is 1.73. The van der Waals surface area contributed by atoms with Crippen LogP contribution in [-0.4, -0.2) is 32.8 Å². The zero-order valence-electron chi connectivity index (χ0n) is 20.2. The highest BCUT2D eigenvalue weighted by Crippen LogP contribution is 2.35. The lowest BCUT2D eigenvalue weighted by molar-refractivity contribution is -0.117. The lowest BCUT2D eigenvalue weighted by Gasteiger charge is -2.20. The predicted molar refractivity (Wildman–Crippen MR) is 138 cm³/mol. The molecule has 0 fully saturated rings. The summed E-state index contributed by atoms with van der Waals surface area (Å²) in [5.41, 5.74) is 3.35. The minimum absolute atomic E-state index is 0.0362. The molecule has 0 spiro atoms. The highest BCUT2D eigenvalue weighted by Gasteiger charge is 2.24. The lowest BCUT2D eigenvalue weighted by atomic mass is 9.97. The molecule has 0 saturated carbocycles. The molecule has 1 aromatic carbocycles. The number of imide groups is 1. The maximum absolute atomic E-state index is 13.9. The van der Waals surface area contributed by atoms with E-state index in [1.54, 1.807) is 15.9 Å². The smallest absolute Gasteiger partial charge is 0.321 e. The molecule has 2 aromatic heterocycles. The van der Waals surface area contributed by atoms with E-state index in [4.69, 9.17) is 4.98 Å². The molecule has 0 unspecified atom stereocenters. The van der Waals surface area contributed by atoms with Crippen LogP contribution in [0.15, 0.2) is 28.2 Å². The monoisotopic (exact) mass is 498 g/mol. The van der Waals surface area contributed by atoms with Gasteiger partial charge in [-0.3, -0.25) is 19.5 Å². The van der Waals surface area contributed by atoms with Gasteiger partial charge in [0.15, 0.2) is 5.16 Å². The summed E-state index contributed by atoms with van der Waals surface area (Å²) in [6.07, 6.45) is 4.09. The van der Waals surface area contributed by atoms with E-state index in [0.717, 1.165) is 52.9 Å². The number of hydrogen-bond donors (Lipinski definition) is 2. The van der Waals surface area contributed by atoms with E-state index in [1.807, 2.05) is 52.8 Å². The Bertz CT molecular complexity index is 1330. The zero-order chi connectivity index (χ0) is 24.6. The number of hydrogen-bond acceptors (Lipinski definition) is 6. The first-order chi connectivity index (χ1) is 16.0. The Morgan fingerprint density at radius 3 is 2.65 bits per heavy atom. The molecule has 0 radical (unpaired) electrons. The molecule has 2 N–H and O–H groups in total. The topological polar surface area (TPSA) is 93.1 Å². The fraction of sp³-hybridized carbons (Fsp3) is 0.440. The third-order valence-electron chi connectivity index (χ3n) is 5.64. The van der Waals surface area contributed by atoms with Gasteiger partial charge in [0, 0.05) is 10.4 Å². The van der Waals surface area contributed by atoms with Gasteiger partial charge in [-0.1, -0.05) is 23.9 Å². The van der Waals surface area contributed by atoms with Crippen molar-refractivity contribution in [1.82, 2.24) is 20.2 Å². The number of urea groups is 1. The van der Waals surface area contributed by atoms with Crippen molar-refractivity contribution in [3.05, 3.63) is 50.1 Å². The second kappa shape index (κ2) is 9.54. The molecule has 4 rings (SSSR count). The van der Waals surface area contributed by atoms with Crippen LogP contribution in [0.4, 0.5) is 4.79 Å². The van der Waals surface area contributed by atoms with Gasteiger partial charge in [-0.05, 0) is 83.1 Å². The van der Waals surface area contributed by atoms with E-state index in [1.165, 1.54) is 16.6 Å². The van der Waals surface area contributed by atoms with E-state index in [-0.39, 0.29) is 11.3 Å². The SMILES string of the molecule is Cc1ccc(C)c(-n2c(SCC(=O)NC(=O)NC(C)(C)C)nc3sc4c(c3c2=O)CCCC4)c1. The molecule has 2 heterocycles. The van der Waals surface area contributed by atoms with Gasteiger partial charge >= 0.3 is 6.03 Å². The first kappa shape index (κ1) is 24.5. The van der Waals surface area contributed by atoms with Crippen molar-refractivity contribution in [2.24, 2.45) is 0 Å². The third kappa shape index (κ3) is 5.20. The van der Waals surface area contributed by atoms with Crippen LogP contribution in [0.1, 0.15) is 55.2 Å². The van der Waals surface area contributed by atoms with Crippen LogP contribution in [0.3, 0.4) is 0 Å². The zero-order valence-corrected chi connectivity index (χ0v) is 21.8. The summed E-state index contributed by atoms with van der Waals surface area (Å²) in [6.45, 7) is 9.48. The Morgan fingerprint density at radius 1 is 1.18 bits per heavy atom. The molecule has 0 saturated heterocycles. The Kier molecular flexibility index (Phi) is 6.87. The van der Waals surface area contributed by atoms with Crippen molar-refractivity contribution in [2.75, 3.05) is 5.75 Å². The minimum Gasteiger partial charge on any atom is -0.333 e. The number of nitrogens with one attached hydrogen (secondary N) is 2. The highest BCUT2D eigenvalue weighted by molar-refractivity contribution is 7.99. The van der Waals surface area contributed by atoms with Gasteiger partial charge in [-0.25, -0.2) is 9.78 Å². The van der Waals surface area contributed by atoms with Gasteiger partial charge in [0.1, 0.15) is 4.83 Å². The van der Waals surface area contributed by atoms with Crippen molar-refractivity contribution >= 4 is 45.3 Å². The normalized spacial score (nSPS) is 13.6. The van der Waals surface area contributed by atoms with E-state index < -0.39 is 17.5 Å². The number of fused-ring (bicyclic) bond motifs is 3. The molecule has 1 aliphatic rings. The second-order valence-electron chi connectivity index (χ2n) is 9.76. The summed E-state index contributed by atoms with van der Waals surface area (Å²) >= 11 is 2.75. The number of carbonyl (C=O) groups is 2. The lowest BCUT2D eigenvalue weighted by Crippen LogP contribution is -2.48. The largest absolute Gasteiger partial charge is 0.333 e. The average molecular weight is 499 g/mol. The predicted octanol–water partition coefficient (Wildman–Crippen LogP) is 4.66. The maximum Gasteiger partial charge on any atom is 0.321 e. The first-order valence-electron chi connectivity index (χ1n) is 11.4. The third-order valence-corrected chi connectivity index (χ3v) is 7.76. The van der Waals surface area contributed by atoms with E-state index in [2.05, 4.69) is 10.6 Å². The number of aryl methyl sites for hydroxylation is 4. The number of aromatic nitrogens is 2. The Hall–Kier alpha value is -2.65. The number of amides is 3. The number of thiophene rings is 1. The fourth-order valence-electron chi connectivity index (χ4n) is 4.12. The first-order valence-corrected chi connectivity index (χ1v) is 13.2. The fourth-order valence-corrected chi connectivity index (χ4v) is 6.23. The summed E-state index contributed by atoms with van der Waals surface area (Å²) in [6, 6.07) is 5.43. The van der Waals surface area contributed by atoms with Crippen LogP contribution in [0, 0.1) is 13.8 Å². The molecule has 34 heavy (non-hydrogen) atoms. The maximum atomic E-state index is 13.9. The Morgan fingerprint density at radius 2 is 1.91 bits per heavy atom. The van der Waals surface area contributed by atoms with E-state index in [9.17, 15) is 14.4 Å². The summed E-state index contributed by atoms with van der Waals surface area (Å²) in [5, 5.41) is 6.23. The molecule has 180 valence electrons. The molecule has 0 bridgehead atoms. The standard InChI is InChI=1S/C25H30N4O3S2/c1-14-10-11-15(2)17(12-14)29-22(31)20-16-8-6-7-9-18(16)34-21(20)27-24(29)33-13-19(30)26-23(32)28-25(3,4)5/h10-12H,6-9,13H2,1-5H3,(H2,26,28,30,32). The number of benzene rings is 1. The second-order valence-corrected chi connectivity index (χ2v) is 11.8. The summed E-state index contributed by atoms with van der Waals surface area (Å²) in [4.78, 5) is 45.3. The van der Waals surface area contributed by atoms with E-state index >= 15 is 0 Å². The van der Waals surface area contributed by atoms with E-state index in [0.29, 0.717) is 10.5 Å². The molecular weight excluding hydrogens is 468 g/mol. The summed E-state index contributed by atoms with van der Waals surface area (Å²) in [7, 11) is 0. The molecule has 0 aliphatic heterocycles. The van der Waals surface area contributed by atoms with Crippen molar-refractivity contribution in [3.63, 3.8) is 0 Å². The molecule has 3 aromatic rings. The van der Waals surface area contributed by atoms with Crippen molar-refractivity contribution in [1.29, 1.82) is 0 Å². The molecule has 1 aliphatic carbocycles. The van der Waals surface area contributed by atoms with Crippen molar-refractivity contribution in [3.8, 4) is 5.69 Å². The van der Waals surface area contributed by atoms with Gasteiger partial charge in [0.25, 0.3) is 5.56 Å². The molecule has 3 amide bonds. The van der Waals surface area contributed by atoms with Gasteiger partial charge < -0.3 is 5.32 Å². The van der Waals surface area contributed by atoms with Crippen LogP contribution in [0.2, 0.25) is 0 Å². The van der Waals surface area contributed by atoms with Crippen molar-refractivity contribution < 1.29 is 9.59 Å². The number of nitrogens with zero attached hydrogens (tertiary/aromatic N) is 2. The highest BCUT2D eigenvalue weighted by atomic mass is 32.2. The molecule has 9 heteroatoms. The summed E-state index contributed by atoms with van der Waals surface area (Å²) in [5.74, 6) is -0.482. The van der Waals surface area contributed by atoms with Crippen LogP contribution in [-0.2, 0) is 17.6 Å². The minimum atomic E-state index is -0.542. The van der Waals surface area contributed by atoms with Crippen LogP contribution >= 0.6 is 23.1 Å². The number of rotatable bonds is 4. The molecule has 7 nitrogen and oxygen atoms in total. The van der Waals surface area contributed by atoms with Crippen LogP contribution in [0.25, 0.3) is 15.9 Å².